The monoisotopic (exact) mass is 227 g/mol. The zero-order chi connectivity index (χ0) is 11.6. The van der Waals surface area contributed by atoms with Gasteiger partial charge in [-0.25, -0.2) is 0 Å². The maximum Gasteiger partial charge on any atom is 0.253 e. The number of aromatic amines is 1. The molecule has 0 spiro atoms. The van der Waals surface area contributed by atoms with Crippen LogP contribution in [0.2, 0.25) is 0 Å². The molecular formula is C10H17N3OS. The van der Waals surface area contributed by atoms with E-state index in [9.17, 15) is 4.79 Å². The molecule has 0 unspecified atom stereocenters. The summed E-state index contributed by atoms with van der Waals surface area (Å²) in [5.74, 6) is 0.424. The molecular weight excluding hydrogens is 210 g/mol. The Labute approximate surface area is 94.1 Å². The van der Waals surface area contributed by atoms with Crippen molar-refractivity contribution in [3.05, 3.63) is 21.2 Å². The summed E-state index contributed by atoms with van der Waals surface area (Å²) in [5, 5.41) is 0. The van der Waals surface area contributed by atoms with Gasteiger partial charge < -0.3 is 10.3 Å². The summed E-state index contributed by atoms with van der Waals surface area (Å²) in [7, 11) is 0. The van der Waals surface area contributed by atoms with Gasteiger partial charge in [-0.1, -0.05) is 20.8 Å². The Kier molecular flexibility index (Phi) is 3.34. The molecule has 0 aliphatic rings. The highest BCUT2D eigenvalue weighted by molar-refractivity contribution is 7.71. The van der Waals surface area contributed by atoms with E-state index in [2.05, 4.69) is 25.8 Å². The number of nitrogens with two attached hydrogens (primary N) is 1. The van der Waals surface area contributed by atoms with Crippen molar-refractivity contribution in [2.24, 2.45) is 5.41 Å². The van der Waals surface area contributed by atoms with Gasteiger partial charge in [0.05, 0.1) is 0 Å². The van der Waals surface area contributed by atoms with Crippen LogP contribution < -0.4 is 11.3 Å². The van der Waals surface area contributed by atoms with E-state index in [1.165, 1.54) is 6.07 Å². The van der Waals surface area contributed by atoms with Crippen LogP contribution in [0.3, 0.4) is 0 Å². The minimum absolute atomic E-state index is 0.220. The second-order valence-electron chi connectivity index (χ2n) is 4.83. The number of nitrogens with zero attached hydrogens (tertiary/aromatic N) is 1. The first-order valence-corrected chi connectivity index (χ1v) is 5.30. The highest BCUT2D eigenvalue weighted by atomic mass is 32.1. The molecule has 0 atom stereocenters. The van der Waals surface area contributed by atoms with Crippen molar-refractivity contribution < 1.29 is 0 Å². The molecule has 0 saturated carbocycles. The third-order valence-corrected chi connectivity index (χ3v) is 2.47. The van der Waals surface area contributed by atoms with Gasteiger partial charge in [0.15, 0.2) is 4.77 Å². The lowest BCUT2D eigenvalue weighted by atomic mass is 9.92. The molecule has 3 N–H and O–H groups in total. The van der Waals surface area contributed by atoms with Crippen molar-refractivity contribution in [2.75, 3.05) is 5.73 Å². The highest BCUT2D eigenvalue weighted by Crippen LogP contribution is 2.19. The van der Waals surface area contributed by atoms with Crippen LogP contribution in [0, 0.1) is 10.2 Å². The number of nitrogens with one attached hydrogen (secondary N) is 1. The van der Waals surface area contributed by atoms with E-state index in [0.717, 1.165) is 13.0 Å². The molecule has 0 aromatic carbocycles. The molecule has 0 fully saturated rings. The van der Waals surface area contributed by atoms with Crippen LogP contribution in [0.15, 0.2) is 10.9 Å². The average Bonchev–Trinajstić information content (AvgIpc) is 1.99. The van der Waals surface area contributed by atoms with Crippen molar-refractivity contribution in [1.82, 2.24) is 9.55 Å². The van der Waals surface area contributed by atoms with Gasteiger partial charge in [-0.05, 0) is 24.1 Å². The topological polar surface area (TPSA) is 63.8 Å². The Morgan fingerprint density at radius 2 is 2.13 bits per heavy atom. The summed E-state index contributed by atoms with van der Waals surface area (Å²) in [5.41, 5.74) is 5.70. The zero-order valence-electron chi connectivity index (χ0n) is 9.33. The van der Waals surface area contributed by atoms with Gasteiger partial charge in [0.1, 0.15) is 5.82 Å². The van der Waals surface area contributed by atoms with Gasteiger partial charge in [0.25, 0.3) is 5.56 Å². The molecule has 1 aromatic rings. The third-order valence-electron chi connectivity index (χ3n) is 2.15. The molecule has 0 amide bonds. The number of nitrogen functional groups attached to an aromatic ring is 1. The summed E-state index contributed by atoms with van der Waals surface area (Å²) >= 11 is 5.04. The summed E-state index contributed by atoms with van der Waals surface area (Å²) in [6.07, 6.45) is 0.956. The summed E-state index contributed by atoms with van der Waals surface area (Å²) in [4.78, 5) is 13.6. The molecule has 1 aromatic heterocycles. The maximum atomic E-state index is 11.0. The fourth-order valence-electron chi connectivity index (χ4n) is 1.22. The van der Waals surface area contributed by atoms with Crippen LogP contribution >= 0.6 is 12.2 Å². The second kappa shape index (κ2) is 4.18. The van der Waals surface area contributed by atoms with Crippen LogP contribution in [0.4, 0.5) is 5.82 Å². The van der Waals surface area contributed by atoms with Crippen LogP contribution in [-0.2, 0) is 6.54 Å². The first-order chi connectivity index (χ1) is 6.79. The molecule has 0 saturated heterocycles. The molecule has 1 rings (SSSR count). The van der Waals surface area contributed by atoms with E-state index in [1.807, 2.05) is 0 Å². The minimum atomic E-state index is -0.246. The van der Waals surface area contributed by atoms with Gasteiger partial charge in [-0.3, -0.25) is 9.78 Å². The van der Waals surface area contributed by atoms with Crippen molar-refractivity contribution >= 4 is 18.0 Å². The van der Waals surface area contributed by atoms with Crippen LogP contribution in [0.5, 0.6) is 0 Å². The third kappa shape index (κ3) is 3.51. The van der Waals surface area contributed by atoms with Gasteiger partial charge >= 0.3 is 0 Å². The van der Waals surface area contributed by atoms with Gasteiger partial charge in [0, 0.05) is 12.6 Å². The van der Waals surface area contributed by atoms with E-state index in [0.29, 0.717) is 10.6 Å². The lowest BCUT2D eigenvalue weighted by Gasteiger charge is -2.19. The summed E-state index contributed by atoms with van der Waals surface area (Å²) in [6, 6.07) is 1.36. The van der Waals surface area contributed by atoms with Crippen molar-refractivity contribution in [3.63, 3.8) is 0 Å². The number of anilines is 1. The number of hydrogen-bond acceptors (Lipinski definition) is 3. The summed E-state index contributed by atoms with van der Waals surface area (Å²) in [6.45, 7) is 7.18. The van der Waals surface area contributed by atoms with Crippen molar-refractivity contribution in [1.29, 1.82) is 0 Å². The molecule has 15 heavy (non-hydrogen) atoms. The Morgan fingerprint density at radius 3 is 2.60 bits per heavy atom. The Balaban J connectivity index is 2.96. The van der Waals surface area contributed by atoms with E-state index in [-0.39, 0.29) is 11.0 Å². The first-order valence-electron chi connectivity index (χ1n) is 4.89. The van der Waals surface area contributed by atoms with Gasteiger partial charge in [-0.2, -0.15) is 0 Å². The van der Waals surface area contributed by atoms with Crippen LogP contribution in [0.1, 0.15) is 27.2 Å². The van der Waals surface area contributed by atoms with E-state index >= 15 is 0 Å². The number of aromatic nitrogens is 2. The smallest absolute Gasteiger partial charge is 0.253 e. The normalized spacial score (nSPS) is 11.7. The van der Waals surface area contributed by atoms with Crippen molar-refractivity contribution in [2.45, 2.75) is 33.7 Å². The molecule has 0 radical (unpaired) electrons. The van der Waals surface area contributed by atoms with Crippen LogP contribution in [-0.4, -0.2) is 9.55 Å². The lowest BCUT2D eigenvalue weighted by Crippen LogP contribution is -2.18. The molecule has 0 bridgehead atoms. The predicted molar refractivity (Wildman–Crippen MR) is 64.4 cm³/mol. The Bertz CT molecular complexity index is 453. The molecule has 5 heteroatoms. The molecule has 0 aliphatic heterocycles. The quantitative estimate of drug-likeness (QED) is 0.759. The minimum Gasteiger partial charge on any atom is -0.385 e. The van der Waals surface area contributed by atoms with Crippen LogP contribution in [0.25, 0.3) is 0 Å². The van der Waals surface area contributed by atoms with Gasteiger partial charge in [-0.15, -0.1) is 0 Å². The fraction of sp³-hybridized carbons (Fsp3) is 0.600. The average molecular weight is 227 g/mol. The highest BCUT2D eigenvalue weighted by Gasteiger charge is 2.11. The number of hydrogen-bond donors (Lipinski definition) is 2. The first kappa shape index (κ1) is 12.0. The molecule has 84 valence electrons. The molecule has 4 nitrogen and oxygen atoms in total. The lowest BCUT2D eigenvalue weighted by molar-refractivity contribution is 0.349. The second-order valence-corrected chi connectivity index (χ2v) is 5.21. The zero-order valence-corrected chi connectivity index (χ0v) is 10.1. The standard InChI is InChI=1S/C10H17N3OS/c1-10(2,3)4-5-13-7(11)6-8(14)12-9(13)15/h6H,4-5,11H2,1-3H3,(H,12,14,15). The SMILES string of the molecule is CC(C)(C)CCn1c(N)cc(=O)[nH]c1=S. The molecule has 1 heterocycles. The van der Waals surface area contributed by atoms with Gasteiger partial charge in [0.2, 0.25) is 0 Å². The largest absolute Gasteiger partial charge is 0.385 e. The van der Waals surface area contributed by atoms with E-state index < -0.39 is 0 Å². The van der Waals surface area contributed by atoms with E-state index in [1.54, 1.807) is 4.57 Å². The number of rotatable bonds is 2. The maximum absolute atomic E-state index is 11.0. The Hall–Kier alpha value is -1.10. The number of H-pyrrole nitrogens is 1. The fourth-order valence-corrected chi connectivity index (χ4v) is 1.51. The Morgan fingerprint density at radius 1 is 1.53 bits per heavy atom. The molecule has 0 aliphatic carbocycles. The summed E-state index contributed by atoms with van der Waals surface area (Å²) < 4.78 is 2.14. The van der Waals surface area contributed by atoms with Crippen molar-refractivity contribution in [3.8, 4) is 0 Å². The van der Waals surface area contributed by atoms with E-state index in [4.69, 9.17) is 18.0 Å². The predicted octanol–water partition coefficient (Wildman–Crippen LogP) is 1.92.